The van der Waals surface area contributed by atoms with Crippen LogP contribution in [0.4, 0.5) is 0 Å². The molecule has 0 aromatic heterocycles. The Bertz CT molecular complexity index is 185. The number of rotatable bonds is 0. The van der Waals surface area contributed by atoms with Crippen LogP contribution in [-0.4, -0.2) is 0 Å². The van der Waals surface area contributed by atoms with Crippen molar-refractivity contribution in [3.63, 3.8) is 0 Å². The molecular weight excluding hydrogens is 389 g/mol. The predicted molar refractivity (Wildman–Crippen MR) is 56.7 cm³/mol. The summed E-state index contributed by atoms with van der Waals surface area (Å²) in [6.07, 6.45) is 0. The molecule has 0 N–H and O–H groups in total. The van der Waals surface area contributed by atoms with E-state index in [-0.39, 0.29) is 13.2 Å². The first-order chi connectivity index (χ1) is 5.20. The third-order valence-corrected chi connectivity index (χ3v) is 1.47. The molecule has 11 heavy (non-hydrogen) atoms. The van der Waals surface area contributed by atoms with Gasteiger partial charge in [0.05, 0.1) is 0 Å². The van der Waals surface area contributed by atoms with Crippen molar-refractivity contribution in [1.29, 1.82) is 0 Å². The molecule has 0 saturated heterocycles. The van der Waals surface area contributed by atoms with Crippen LogP contribution < -0.4 is 0 Å². The fraction of sp³-hybridized carbons (Fsp3) is 0.143. The molecule has 0 aliphatic heterocycles. The molecule has 0 atom stereocenters. The molecule has 0 fully saturated rings. The van der Waals surface area contributed by atoms with E-state index in [0.717, 1.165) is 4.47 Å². The van der Waals surface area contributed by atoms with Gasteiger partial charge in [-0.05, 0) is 19.1 Å². The van der Waals surface area contributed by atoms with Crippen molar-refractivity contribution < 1.29 is 13.2 Å². The summed E-state index contributed by atoms with van der Waals surface area (Å²) in [5.74, 6) is 0. The van der Waals surface area contributed by atoms with Crippen LogP contribution in [0.2, 0.25) is 0 Å². The van der Waals surface area contributed by atoms with Crippen molar-refractivity contribution in [3.8, 4) is 0 Å². The Balaban J connectivity index is 0.000000292. The average molecular weight is 396 g/mol. The number of aryl methyl sites for hydroxylation is 1. The quantitative estimate of drug-likeness (QED) is 0.569. The molecule has 1 aromatic carbocycles. The molecule has 0 nitrogen and oxygen atoms in total. The molecule has 0 aliphatic carbocycles. The molecule has 0 saturated carbocycles. The van der Waals surface area contributed by atoms with Gasteiger partial charge in [0.1, 0.15) is 0 Å². The van der Waals surface area contributed by atoms with Gasteiger partial charge in [-0.3, -0.25) is 0 Å². The van der Waals surface area contributed by atoms with E-state index in [9.17, 15) is 0 Å². The Labute approximate surface area is 96.6 Å². The van der Waals surface area contributed by atoms with Gasteiger partial charge in [0.15, 0.2) is 0 Å². The van der Waals surface area contributed by atoms with E-state index in [0.29, 0.717) is 0 Å². The summed E-state index contributed by atoms with van der Waals surface area (Å²) in [5.41, 5.74) is 1.29. The van der Waals surface area contributed by atoms with Gasteiger partial charge in [-0.25, -0.2) is 0 Å². The van der Waals surface area contributed by atoms with Crippen LogP contribution in [-0.2, 0) is 13.2 Å². The number of hydrogen-bond donors (Lipinski definition) is 0. The molecule has 0 amide bonds. The number of halogens is 3. The Morgan fingerprint density at radius 3 is 2.09 bits per heavy atom. The van der Waals surface area contributed by atoms with Crippen LogP contribution in [0.1, 0.15) is 5.56 Å². The molecule has 4 heteroatoms. The molecule has 0 heterocycles. The zero-order valence-electron chi connectivity index (χ0n) is 6.15. The molecule has 1 rings (SSSR count). The Kier molecular flexibility index (Phi) is 8.83. The summed E-state index contributed by atoms with van der Waals surface area (Å²) in [4.78, 5) is 0. The molecule has 0 bridgehead atoms. The fourth-order valence-corrected chi connectivity index (χ4v) is 1.12. The monoisotopic (exact) mass is 392 g/mol. The van der Waals surface area contributed by atoms with Crippen LogP contribution in [0.15, 0.2) is 28.7 Å². The first kappa shape index (κ1) is 12.3. The summed E-state index contributed by atoms with van der Waals surface area (Å²) < 4.78 is 1.15. The van der Waals surface area contributed by atoms with Crippen LogP contribution in [0.25, 0.3) is 0 Å². The van der Waals surface area contributed by atoms with Crippen molar-refractivity contribution >= 4 is 43.2 Å². The van der Waals surface area contributed by atoms with Gasteiger partial charge in [-0.1, -0.05) is 33.6 Å². The second-order valence-electron chi connectivity index (χ2n) is 1.90. The van der Waals surface area contributed by atoms with Gasteiger partial charge in [0.25, 0.3) is 0 Å². The topological polar surface area (TPSA) is 0 Å². The molecule has 0 unspecified atom stereocenters. The minimum atomic E-state index is -0.250. The van der Waals surface area contributed by atoms with Gasteiger partial charge in [-0.15, -0.1) is 0 Å². The van der Waals surface area contributed by atoms with E-state index in [1.807, 2.05) is 12.1 Å². The van der Waals surface area contributed by atoms with Crippen LogP contribution in [0, 0.1) is 6.92 Å². The van der Waals surface area contributed by atoms with Gasteiger partial charge >= 0.3 is 40.5 Å². The Morgan fingerprint density at radius 2 is 1.82 bits per heavy atom. The Morgan fingerprint density at radius 1 is 1.27 bits per heavy atom. The van der Waals surface area contributed by atoms with Gasteiger partial charge in [0.2, 0.25) is 0 Å². The average Bonchev–Trinajstić information content (AvgIpc) is 1.88. The summed E-state index contributed by atoms with van der Waals surface area (Å²) >= 11 is 9.61. The maximum absolute atomic E-state index is 3.36. The minimum absolute atomic E-state index is 0.250. The van der Waals surface area contributed by atoms with Crippen molar-refractivity contribution in [2.75, 3.05) is 0 Å². The standard InChI is InChI=1S/C7H7Br.2BrH.Zn/c1-6-3-2-4-7(8)5-6;;;/h2-5H,1H3;2*1H;/q;;;+2/p-2. The van der Waals surface area contributed by atoms with Gasteiger partial charge < -0.3 is 0 Å². The summed E-state index contributed by atoms with van der Waals surface area (Å²) in [6.45, 7) is 2.07. The van der Waals surface area contributed by atoms with Crippen LogP contribution >= 0.6 is 43.2 Å². The Hall–Kier alpha value is 1.28. The van der Waals surface area contributed by atoms with E-state index >= 15 is 0 Å². The van der Waals surface area contributed by atoms with Crippen molar-refractivity contribution in [2.45, 2.75) is 6.92 Å². The second kappa shape index (κ2) is 7.91. The molecule has 0 spiro atoms. The van der Waals surface area contributed by atoms with Crippen molar-refractivity contribution in [2.24, 2.45) is 0 Å². The molecular formula is C7H7Br3Zn. The van der Waals surface area contributed by atoms with E-state index in [2.05, 4.69) is 62.2 Å². The molecule has 0 radical (unpaired) electrons. The maximum atomic E-state index is 3.36. The summed E-state index contributed by atoms with van der Waals surface area (Å²) in [5, 5.41) is 0. The van der Waals surface area contributed by atoms with Crippen LogP contribution in [0.3, 0.4) is 0 Å². The first-order valence-corrected chi connectivity index (χ1v) is 17.7. The van der Waals surface area contributed by atoms with Crippen molar-refractivity contribution in [3.05, 3.63) is 34.3 Å². The molecule has 1 aromatic rings. The predicted octanol–water partition coefficient (Wildman–Crippen LogP) is 4.45. The normalized spacial score (nSPS) is 7.64. The summed E-state index contributed by atoms with van der Waals surface area (Å²) in [7, 11) is 0. The van der Waals surface area contributed by atoms with E-state index in [1.165, 1.54) is 5.56 Å². The van der Waals surface area contributed by atoms with Crippen LogP contribution in [0.5, 0.6) is 0 Å². The number of benzene rings is 1. The zero-order valence-corrected chi connectivity index (χ0v) is 13.9. The molecule has 0 aliphatic rings. The number of hydrogen-bond acceptors (Lipinski definition) is 0. The first-order valence-electron chi connectivity index (χ1n) is 3.04. The van der Waals surface area contributed by atoms with Gasteiger partial charge in [-0.2, -0.15) is 0 Å². The third kappa shape index (κ3) is 7.64. The molecule has 58 valence electrons. The zero-order chi connectivity index (χ0) is 8.69. The van der Waals surface area contributed by atoms with E-state index < -0.39 is 0 Å². The van der Waals surface area contributed by atoms with Crippen molar-refractivity contribution in [1.82, 2.24) is 0 Å². The van der Waals surface area contributed by atoms with E-state index in [4.69, 9.17) is 0 Å². The fourth-order valence-electron chi connectivity index (χ4n) is 0.606. The SMILES string of the molecule is Cc1cccc(Br)c1.[Br][Zn][Br]. The van der Waals surface area contributed by atoms with E-state index in [1.54, 1.807) is 0 Å². The third-order valence-electron chi connectivity index (χ3n) is 0.980. The second-order valence-corrected chi connectivity index (χ2v) is 16.9. The summed E-state index contributed by atoms with van der Waals surface area (Å²) in [6, 6.07) is 8.21. The van der Waals surface area contributed by atoms with Gasteiger partial charge in [0, 0.05) is 4.47 Å².